The number of nitrogens with one attached hydrogen (secondary N) is 1. The minimum atomic E-state index is -0.437. The lowest BCUT2D eigenvalue weighted by Crippen LogP contribution is -2.09. The highest BCUT2D eigenvalue weighted by atomic mass is 127. The van der Waals surface area contributed by atoms with E-state index < -0.39 is 5.82 Å². The minimum Gasteiger partial charge on any atom is -0.320 e. The van der Waals surface area contributed by atoms with E-state index in [0.29, 0.717) is 0 Å². The molecule has 0 aromatic heterocycles. The van der Waals surface area contributed by atoms with Crippen LogP contribution in [-0.4, -0.2) is 5.91 Å². The first kappa shape index (κ1) is 13.7. The van der Waals surface area contributed by atoms with Gasteiger partial charge in [0.15, 0.2) is 0 Å². The van der Waals surface area contributed by atoms with E-state index in [2.05, 4.69) is 5.32 Å². The Labute approximate surface area is 124 Å². The van der Waals surface area contributed by atoms with E-state index in [0.717, 1.165) is 9.13 Å². The quantitative estimate of drug-likeness (QED) is 0.643. The lowest BCUT2D eigenvalue weighted by molar-refractivity contribution is -0.111. The molecule has 2 nitrogen and oxygen atoms in total. The fourth-order valence-corrected chi connectivity index (χ4v) is 1.95. The van der Waals surface area contributed by atoms with Crippen LogP contribution in [0.2, 0.25) is 0 Å². The Hall–Kier alpha value is -1.69. The van der Waals surface area contributed by atoms with Crippen molar-refractivity contribution in [3.05, 3.63) is 69.6 Å². The molecule has 0 unspecified atom stereocenters. The molecule has 0 atom stereocenters. The van der Waals surface area contributed by atoms with Gasteiger partial charge in [0.1, 0.15) is 5.82 Å². The summed E-state index contributed by atoms with van der Waals surface area (Å²) >= 11 is 2.01. The molecule has 2 rings (SSSR count). The van der Waals surface area contributed by atoms with Gasteiger partial charge in [0.25, 0.3) is 0 Å². The molecule has 0 saturated carbocycles. The molecule has 1 amide bonds. The number of amides is 1. The monoisotopic (exact) mass is 367 g/mol. The largest absolute Gasteiger partial charge is 0.320 e. The summed E-state index contributed by atoms with van der Waals surface area (Å²) in [6.45, 7) is 0. The Morgan fingerprint density at radius 3 is 2.58 bits per heavy atom. The van der Waals surface area contributed by atoms with E-state index in [1.165, 1.54) is 12.1 Å². The molecule has 0 saturated heterocycles. The van der Waals surface area contributed by atoms with Crippen LogP contribution in [0.1, 0.15) is 5.56 Å². The number of carbonyl (C=O) groups is 1. The zero-order valence-corrected chi connectivity index (χ0v) is 12.1. The van der Waals surface area contributed by atoms with Crippen molar-refractivity contribution in [2.45, 2.75) is 0 Å². The van der Waals surface area contributed by atoms with Crippen LogP contribution in [0.25, 0.3) is 6.08 Å². The van der Waals surface area contributed by atoms with Crippen LogP contribution in [-0.2, 0) is 4.79 Å². The van der Waals surface area contributed by atoms with Gasteiger partial charge in [-0.25, -0.2) is 4.39 Å². The fourth-order valence-electron chi connectivity index (χ4n) is 1.50. The zero-order valence-electron chi connectivity index (χ0n) is 9.94. The van der Waals surface area contributed by atoms with Crippen LogP contribution in [0.4, 0.5) is 10.1 Å². The third-order valence-corrected chi connectivity index (χ3v) is 3.09. The van der Waals surface area contributed by atoms with E-state index >= 15 is 0 Å². The third-order valence-electron chi connectivity index (χ3n) is 2.42. The van der Waals surface area contributed by atoms with Gasteiger partial charge in [-0.1, -0.05) is 30.3 Å². The normalized spacial score (nSPS) is 10.6. The van der Waals surface area contributed by atoms with Gasteiger partial charge in [0, 0.05) is 9.65 Å². The van der Waals surface area contributed by atoms with Crippen molar-refractivity contribution >= 4 is 40.3 Å². The molecule has 2 aromatic rings. The standard InChI is InChI=1S/C15H11FINO/c16-13-10-12(17)7-8-14(13)18-15(19)9-6-11-4-2-1-3-5-11/h1-10H,(H,18,19)/b9-6+. The Morgan fingerprint density at radius 2 is 1.89 bits per heavy atom. The molecule has 2 aromatic carbocycles. The molecule has 0 fully saturated rings. The average Bonchev–Trinajstić information content (AvgIpc) is 2.41. The Balaban J connectivity index is 2.04. The summed E-state index contributed by atoms with van der Waals surface area (Å²) < 4.78 is 14.3. The lowest BCUT2D eigenvalue weighted by atomic mass is 10.2. The topological polar surface area (TPSA) is 29.1 Å². The summed E-state index contributed by atoms with van der Waals surface area (Å²) in [6, 6.07) is 14.1. The van der Waals surface area contributed by atoms with Crippen LogP contribution in [0.5, 0.6) is 0 Å². The molecule has 0 aliphatic heterocycles. The highest BCUT2D eigenvalue weighted by molar-refractivity contribution is 14.1. The third kappa shape index (κ3) is 4.17. The van der Waals surface area contributed by atoms with Crippen molar-refractivity contribution in [1.29, 1.82) is 0 Å². The van der Waals surface area contributed by atoms with Crippen LogP contribution >= 0.6 is 22.6 Å². The van der Waals surface area contributed by atoms with Gasteiger partial charge in [-0.15, -0.1) is 0 Å². The van der Waals surface area contributed by atoms with Crippen molar-refractivity contribution in [2.24, 2.45) is 0 Å². The van der Waals surface area contributed by atoms with E-state index in [9.17, 15) is 9.18 Å². The number of halogens is 2. The molecule has 0 spiro atoms. The molecule has 0 aliphatic carbocycles. The average molecular weight is 367 g/mol. The SMILES string of the molecule is O=C(/C=C/c1ccccc1)Nc1ccc(I)cc1F. The first-order valence-corrected chi connectivity index (χ1v) is 6.72. The smallest absolute Gasteiger partial charge is 0.248 e. The van der Waals surface area contributed by atoms with Gasteiger partial charge in [-0.2, -0.15) is 0 Å². The second-order valence-corrected chi connectivity index (χ2v) is 5.10. The van der Waals surface area contributed by atoms with E-state index in [-0.39, 0.29) is 11.6 Å². The summed E-state index contributed by atoms with van der Waals surface area (Å²) in [4.78, 5) is 11.7. The maximum absolute atomic E-state index is 13.5. The highest BCUT2D eigenvalue weighted by Crippen LogP contribution is 2.17. The molecular weight excluding hydrogens is 356 g/mol. The summed E-state index contributed by atoms with van der Waals surface area (Å²) in [5.41, 5.74) is 1.10. The molecule has 0 aliphatic rings. The number of benzene rings is 2. The number of rotatable bonds is 3. The number of carbonyl (C=O) groups excluding carboxylic acids is 1. The van der Waals surface area contributed by atoms with Crippen molar-refractivity contribution < 1.29 is 9.18 Å². The Kier molecular flexibility index (Phi) is 4.68. The number of hydrogen-bond donors (Lipinski definition) is 1. The fraction of sp³-hybridized carbons (Fsp3) is 0. The van der Waals surface area contributed by atoms with Crippen molar-refractivity contribution in [3.63, 3.8) is 0 Å². The van der Waals surface area contributed by atoms with E-state index in [1.54, 1.807) is 18.2 Å². The van der Waals surface area contributed by atoms with Crippen molar-refractivity contribution in [2.75, 3.05) is 5.32 Å². The molecule has 1 N–H and O–H groups in total. The Morgan fingerprint density at radius 1 is 1.16 bits per heavy atom. The van der Waals surface area contributed by atoms with Gasteiger partial charge < -0.3 is 5.32 Å². The predicted molar refractivity (Wildman–Crippen MR) is 83.2 cm³/mol. The zero-order chi connectivity index (χ0) is 13.7. The number of hydrogen-bond acceptors (Lipinski definition) is 1. The highest BCUT2D eigenvalue weighted by Gasteiger charge is 2.04. The Bertz CT molecular complexity index is 611. The molecule has 0 heterocycles. The van der Waals surface area contributed by atoms with Crippen molar-refractivity contribution in [3.8, 4) is 0 Å². The second-order valence-electron chi connectivity index (χ2n) is 3.86. The molecule has 19 heavy (non-hydrogen) atoms. The van der Waals surface area contributed by atoms with Crippen LogP contribution in [0.3, 0.4) is 0 Å². The number of anilines is 1. The van der Waals surface area contributed by atoms with Gasteiger partial charge in [-0.05, 0) is 52.4 Å². The van der Waals surface area contributed by atoms with Gasteiger partial charge in [0.2, 0.25) is 5.91 Å². The lowest BCUT2D eigenvalue weighted by Gasteiger charge is -2.03. The first-order valence-electron chi connectivity index (χ1n) is 5.64. The van der Waals surface area contributed by atoms with E-state index in [1.807, 2.05) is 52.9 Å². The maximum Gasteiger partial charge on any atom is 0.248 e. The summed E-state index contributed by atoms with van der Waals surface area (Å²) in [6.07, 6.45) is 3.06. The summed E-state index contributed by atoms with van der Waals surface area (Å²) in [5, 5.41) is 2.50. The summed E-state index contributed by atoms with van der Waals surface area (Å²) in [7, 11) is 0. The molecule has 0 bridgehead atoms. The van der Waals surface area contributed by atoms with Gasteiger partial charge in [-0.3, -0.25) is 4.79 Å². The van der Waals surface area contributed by atoms with Crippen LogP contribution < -0.4 is 5.32 Å². The first-order chi connectivity index (χ1) is 9.15. The molecule has 0 radical (unpaired) electrons. The van der Waals surface area contributed by atoms with E-state index in [4.69, 9.17) is 0 Å². The van der Waals surface area contributed by atoms with Gasteiger partial charge >= 0.3 is 0 Å². The maximum atomic E-state index is 13.5. The molecular formula is C15H11FINO. The molecule has 96 valence electrons. The van der Waals surface area contributed by atoms with Crippen molar-refractivity contribution in [1.82, 2.24) is 0 Å². The second kappa shape index (κ2) is 6.47. The van der Waals surface area contributed by atoms with Crippen LogP contribution in [0, 0.1) is 9.39 Å². The minimum absolute atomic E-state index is 0.183. The summed E-state index contributed by atoms with van der Waals surface area (Å²) in [5.74, 6) is -0.794. The molecule has 4 heteroatoms. The predicted octanol–water partition coefficient (Wildman–Crippen LogP) is 4.08. The van der Waals surface area contributed by atoms with Gasteiger partial charge in [0.05, 0.1) is 5.69 Å². The van der Waals surface area contributed by atoms with Crippen LogP contribution in [0.15, 0.2) is 54.6 Å².